The highest BCUT2D eigenvalue weighted by molar-refractivity contribution is 7.07. The Morgan fingerprint density at radius 2 is 2.11 bits per heavy atom. The van der Waals surface area contributed by atoms with Crippen molar-refractivity contribution in [3.63, 3.8) is 0 Å². The van der Waals surface area contributed by atoms with Gasteiger partial charge in [0.1, 0.15) is 0 Å². The zero-order chi connectivity index (χ0) is 13.1. The molecule has 19 heavy (non-hydrogen) atoms. The highest BCUT2D eigenvalue weighted by atomic mass is 32.1. The van der Waals surface area contributed by atoms with Crippen molar-refractivity contribution in [3.8, 4) is 0 Å². The van der Waals surface area contributed by atoms with Gasteiger partial charge in [0.2, 0.25) is 0 Å². The summed E-state index contributed by atoms with van der Waals surface area (Å²) in [5, 5.41) is 8.98. The van der Waals surface area contributed by atoms with Crippen LogP contribution in [0.5, 0.6) is 0 Å². The Kier molecular flexibility index (Phi) is 3.67. The number of thiophene rings is 1. The Morgan fingerprint density at radius 1 is 1.21 bits per heavy atom. The van der Waals surface area contributed by atoms with Crippen LogP contribution in [-0.4, -0.2) is 11.6 Å². The molecule has 0 amide bonds. The topological polar surface area (TPSA) is 17.0 Å². The van der Waals surface area contributed by atoms with E-state index >= 15 is 0 Å². The maximum Gasteiger partial charge on any atom is 0.0483 e. The van der Waals surface area contributed by atoms with E-state index in [-0.39, 0.29) is 0 Å². The number of para-hydroxylation sites is 1. The molecule has 1 N–H and O–H groups in total. The molecule has 2 nitrogen and oxygen atoms in total. The molecule has 0 radical (unpaired) electrons. The largest absolute Gasteiger partial charge is 0.343 e. The summed E-state index contributed by atoms with van der Waals surface area (Å²) in [5.41, 5.74) is 4.13. The molecule has 0 fully saturated rings. The molecule has 0 aliphatic rings. The van der Waals surface area contributed by atoms with Crippen LogP contribution in [0, 0.1) is 0 Å². The number of nitrogens with zero attached hydrogens (tertiary/aromatic N) is 1. The fourth-order valence-corrected chi connectivity index (χ4v) is 3.24. The molecule has 0 aliphatic heterocycles. The van der Waals surface area contributed by atoms with Gasteiger partial charge in [-0.1, -0.05) is 18.2 Å². The predicted octanol–water partition coefficient (Wildman–Crippen LogP) is 3.66. The van der Waals surface area contributed by atoms with Crippen molar-refractivity contribution < 1.29 is 0 Å². The second kappa shape index (κ2) is 5.59. The molecule has 0 aliphatic carbocycles. The van der Waals surface area contributed by atoms with Gasteiger partial charge in [-0.15, -0.1) is 0 Å². The molecule has 0 unspecified atom stereocenters. The molecular formula is C16H18N2S. The lowest BCUT2D eigenvalue weighted by Gasteiger charge is -2.10. The number of nitrogens with one attached hydrogen (secondary N) is 1. The zero-order valence-electron chi connectivity index (χ0n) is 11.1. The van der Waals surface area contributed by atoms with E-state index in [1.165, 1.54) is 22.2 Å². The zero-order valence-corrected chi connectivity index (χ0v) is 11.9. The van der Waals surface area contributed by atoms with Gasteiger partial charge in [0.05, 0.1) is 0 Å². The van der Waals surface area contributed by atoms with Gasteiger partial charge in [0.15, 0.2) is 0 Å². The van der Waals surface area contributed by atoms with E-state index in [0.717, 1.165) is 19.5 Å². The van der Waals surface area contributed by atoms with E-state index in [9.17, 15) is 0 Å². The Bertz CT molecular complexity index is 653. The summed E-state index contributed by atoms with van der Waals surface area (Å²) in [6.45, 7) is 1.96. The number of benzene rings is 1. The SMILES string of the molecule is CNCc1cc2ccccc2n1CCc1ccsc1. The maximum atomic E-state index is 3.26. The molecule has 3 rings (SSSR count). The lowest BCUT2D eigenvalue weighted by molar-refractivity contribution is 0.657. The molecule has 0 saturated carbocycles. The van der Waals surface area contributed by atoms with E-state index in [1.54, 1.807) is 11.3 Å². The highest BCUT2D eigenvalue weighted by Crippen LogP contribution is 2.20. The van der Waals surface area contributed by atoms with Gasteiger partial charge < -0.3 is 9.88 Å². The minimum Gasteiger partial charge on any atom is -0.343 e. The second-order valence-corrected chi connectivity index (χ2v) is 5.54. The fraction of sp³-hybridized carbons (Fsp3) is 0.250. The quantitative estimate of drug-likeness (QED) is 0.748. The van der Waals surface area contributed by atoms with Crippen molar-refractivity contribution in [2.45, 2.75) is 19.5 Å². The van der Waals surface area contributed by atoms with Crippen LogP contribution in [0.15, 0.2) is 47.2 Å². The van der Waals surface area contributed by atoms with Crippen LogP contribution >= 0.6 is 11.3 Å². The summed E-state index contributed by atoms with van der Waals surface area (Å²) in [5.74, 6) is 0. The summed E-state index contributed by atoms with van der Waals surface area (Å²) in [7, 11) is 2.00. The van der Waals surface area contributed by atoms with Gasteiger partial charge in [0.25, 0.3) is 0 Å². The number of rotatable bonds is 5. The number of hydrogen-bond acceptors (Lipinski definition) is 2. The average molecular weight is 270 g/mol. The van der Waals surface area contributed by atoms with Gasteiger partial charge in [-0.05, 0) is 53.4 Å². The first-order valence-corrected chi connectivity index (χ1v) is 7.55. The second-order valence-electron chi connectivity index (χ2n) is 4.76. The first-order chi connectivity index (χ1) is 9.38. The standard InChI is InChI=1S/C16H18N2S/c1-17-11-15-10-14-4-2-3-5-16(14)18(15)8-6-13-7-9-19-12-13/h2-5,7,9-10,12,17H,6,8,11H2,1H3. The smallest absolute Gasteiger partial charge is 0.0483 e. The van der Waals surface area contributed by atoms with Crippen molar-refractivity contribution in [1.82, 2.24) is 9.88 Å². The normalized spacial score (nSPS) is 11.2. The Hall–Kier alpha value is -1.58. The van der Waals surface area contributed by atoms with Crippen LogP contribution in [0.1, 0.15) is 11.3 Å². The van der Waals surface area contributed by atoms with Crippen LogP contribution in [-0.2, 0) is 19.5 Å². The van der Waals surface area contributed by atoms with Crippen LogP contribution in [0.3, 0.4) is 0 Å². The van der Waals surface area contributed by atoms with Gasteiger partial charge in [-0.2, -0.15) is 11.3 Å². The molecule has 0 spiro atoms. The average Bonchev–Trinajstić information content (AvgIpc) is 3.04. The van der Waals surface area contributed by atoms with Crippen molar-refractivity contribution >= 4 is 22.2 Å². The molecule has 0 saturated heterocycles. The Labute approximate surface area is 117 Å². The van der Waals surface area contributed by atoms with Crippen molar-refractivity contribution in [3.05, 3.63) is 58.4 Å². The number of fused-ring (bicyclic) bond motifs is 1. The molecule has 0 atom stereocenters. The van der Waals surface area contributed by atoms with E-state index in [2.05, 4.69) is 57.0 Å². The minimum atomic E-state index is 0.915. The summed E-state index contributed by atoms with van der Waals surface area (Å²) < 4.78 is 2.43. The first kappa shape index (κ1) is 12.5. The Balaban J connectivity index is 1.92. The van der Waals surface area contributed by atoms with Crippen LogP contribution < -0.4 is 5.32 Å². The van der Waals surface area contributed by atoms with E-state index in [1.807, 2.05) is 7.05 Å². The maximum absolute atomic E-state index is 3.26. The van der Waals surface area contributed by atoms with E-state index in [0.29, 0.717) is 0 Å². The molecular weight excluding hydrogens is 252 g/mol. The Morgan fingerprint density at radius 3 is 2.89 bits per heavy atom. The van der Waals surface area contributed by atoms with Gasteiger partial charge in [0, 0.05) is 24.3 Å². The summed E-state index contributed by atoms with van der Waals surface area (Å²) in [6.07, 6.45) is 1.10. The van der Waals surface area contributed by atoms with E-state index < -0.39 is 0 Å². The number of hydrogen-bond donors (Lipinski definition) is 1. The molecule has 2 aromatic heterocycles. The third-order valence-corrected chi connectivity index (χ3v) is 4.19. The monoisotopic (exact) mass is 270 g/mol. The van der Waals surface area contributed by atoms with Crippen LogP contribution in [0.4, 0.5) is 0 Å². The molecule has 2 heterocycles. The fourth-order valence-electron chi connectivity index (χ4n) is 2.53. The minimum absolute atomic E-state index is 0.915. The summed E-state index contributed by atoms with van der Waals surface area (Å²) in [6, 6.07) is 13.1. The predicted molar refractivity (Wildman–Crippen MR) is 82.7 cm³/mol. The number of aromatic nitrogens is 1. The molecule has 3 aromatic rings. The first-order valence-electron chi connectivity index (χ1n) is 6.61. The van der Waals surface area contributed by atoms with Crippen molar-refractivity contribution in [2.24, 2.45) is 0 Å². The van der Waals surface area contributed by atoms with Crippen LogP contribution in [0.25, 0.3) is 10.9 Å². The summed E-state index contributed by atoms with van der Waals surface area (Å²) >= 11 is 1.77. The van der Waals surface area contributed by atoms with Crippen LogP contribution in [0.2, 0.25) is 0 Å². The molecule has 3 heteroatoms. The summed E-state index contributed by atoms with van der Waals surface area (Å²) in [4.78, 5) is 0. The third kappa shape index (κ3) is 2.57. The highest BCUT2D eigenvalue weighted by Gasteiger charge is 2.07. The van der Waals surface area contributed by atoms with Gasteiger partial charge in [-0.25, -0.2) is 0 Å². The third-order valence-electron chi connectivity index (χ3n) is 3.46. The van der Waals surface area contributed by atoms with Crippen molar-refractivity contribution in [2.75, 3.05) is 7.05 Å². The van der Waals surface area contributed by atoms with Gasteiger partial charge in [-0.3, -0.25) is 0 Å². The lowest BCUT2D eigenvalue weighted by atomic mass is 10.2. The molecule has 0 bridgehead atoms. The number of aryl methyl sites for hydroxylation is 2. The van der Waals surface area contributed by atoms with E-state index in [4.69, 9.17) is 0 Å². The molecule has 1 aromatic carbocycles. The van der Waals surface area contributed by atoms with Crippen molar-refractivity contribution in [1.29, 1.82) is 0 Å². The van der Waals surface area contributed by atoms with Gasteiger partial charge >= 0.3 is 0 Å². The molecule has 98 valence electrons. The lowest BCUT2D eigenvalue weighted by Crippen LogP contribution is -2.12.